The number of phenols is 1. The molecule has 0 bridgehead atoms. The molecule has 1 aliphatic rings. The summed E-state index contributed by atoms with van der Waals surface area (Å²) >= 11 is 0. The number of phenolic OH excluding ortho intramolecular Hbond substituents is 1. The molecule has 0 radical (unpaired) electrons. The van der Waals surface area contributed by atoms with Gasteiger partial charge in [-0.2, -0.15) is 0 Å². The maximum absolute atomic E-state index is 12.7. The van der Waals surface area contributed by atoms with Gasteiger partial charge >= 0.3 is 0 Å². The van der Waals surface area contributed by atoms with E-state index in [0.717, 1.165) is 11.3 Å². The summed E-state index contributed by atoms with van der Waals surface area (Å²) in [4.78, 5) is 22.5. The maximum atomic E-state index is 12.7. The molecule has 3 N–H and O–H groups in total. The van der Waals surface area contributed by atoms with Crippen molar-refractivity contribution in [2.45, 2.75) is 31.5 Å². The Morgan fingerprint density at radius 3 is 2.71 bits per heavy atom. The Hall–Kier alpha value is -2.51. The molecular weight excluding hydrogens is 306 g/mol. The van der Waals surface area contributed by atoms with Gasteiger partial charge in [0.15, 0.2) is 0 Å². The lowest BCUT2D eigenvalue weighted by Gasteiger charge is -2.26. The van der Waals surface area contributed by atoms with E-state index in [1.165, 1.54) is 6.33 Å². The normalized spacial score (nSPS) is 21.4. The number of benzene rings is 1. The molecule has 7 heteroatoms. The minimum absolute atomic E-state index is 0.00916. The van der Waals surface area contributed by atoms with E-state index in [1.54, 1.807) is 30.3 Å². The van der Waals surface area contributed by atoms with Gasteiger partial charge < -0.3 is 10.0 Å². The van der Waals surface area contributed by atoms with E-state index in [-0.39, 0.29) is 29.8 Å². The van der Waals surface area contributed by atoms with Crippen LogP contribution in [0.2, 0.25) is 0 Å². The molecule has 1 aliphatic heterocycles. The Labute approximate surface area is 140 Å². The molecule has 2 heterocycles. The second-order valence-corrected chi connectivity index (χ2v) is 5.98. The number of carbonyl (C=O) groups excluding carboxylic acids is 1. The Kier molecular flexibility index (Phi) is 4.73. The molecule has 24 heavy (non-hydrogen) atoms. The van der Waals surface area contributed by atoms with Crippen molar-refractivity contribution < 1.29 is 9.90 Å². The van der Waals surface area contributed by atoms with E-state index in [1.807, 2.05) is 25.1 Å². The van der Waals surface area contributed by atoms with Gasteiger partial charge in [-0.05, 0) is 37.1 Å². The molecule has 3 rings (SSSR count). The predicted octanol–water partition coefficient (Wildman–Crippen LogP) is 1.31. The quantitative estimate of drug-likeness (QED) is 0.784. The summed E-state index contributed by atoms with van der Waals surface area (Å²) < 4.78 is 0. The number of nitrogens with one attached hydrogen (secondary N) is 2. The molecular formula is C17H21N5O2. The molecule has 7 nitrogen and oxygen atoms in total. The summed E-state index contributed by atoms with van der Waals surface area (Å²) in [6.45, 7) is 1.94. The van der Waals surface area contributed by atoms with Gasteiger partial charge in [-0.3, -0.25) is 4.79 Å². The van der Waals surface area contributed by atoms with E-state index in [4.69, 9.17) is 0 Å². The van der Waals surface area contributed by atoms with Gasteiger partial charge in [0.05, 0.1) is 11.7 Å². The third-order valence-electron chi connectivity index (χ3n) is 4.46. The molecule has 1 amide bonds. The molecule has 2 aromatic rings. The fourth-order valence-electron chi connectivity index (χ4n) is 2.83. The minimum atomic E-state index is -0.307. The van der Waals surface area contributed by atoms with Gasteiger partial charge in [0, 0.05) is 19.3 Å². The number of amides is 1. The summed E-state index contributed by atoms with van der Waals surface area (Å²) in [7, 11) is 1.78. The Balaban J connectivity index is 1.64. The first-order valence-electron chi connectivity index (χ1n) is 7.89. The number of rotatable bonds is 4. The third-order valence-corrected chi connectivity index (χ3v) is 4.46. The second kappa shape index (κ2) is 6.94. The molecule has 0 saturated carbocycles. The van der Waals surface area contributed by atoms with Crippen molar-refractivity contribution in [3.63, 3.8) is 0 Å². The zero-order valence-electron chi connectivity index (χ0n) is 13.7. The van der Waals surface area contributed by atoms with Crippen molar-refractivity contribution in [1.29, 1.82) is 0 Å². The smallest absolute Gasteiger partial charge is 0.241 e. The van der Waals surface area contributed by atoms with Gasteiger partial charge in [0.1, 0.15) is 18.1 Å². The molecule has 1 saturated heterocycles. The van der Waals surface area contributed by atoms with Crippen LogP contribution in [0, 0.1) is 0 Å². The van der Waals surface area contributed by atoms with Crippen molar-refractivity contribution in [2.24, 2.45) is 0 Å². The zero-order valence-corrected chi connectivity index (χ0v) is 13.7. The number of hydrogen-bond donors (Lipinski definition) is 3. The van der Waals surface area contributed by atoms with Crippen LogP contribution in [0.3, 0.4) is 0 Å². The SMILES string of the molecule is CC(c1ccncn1)N(C)C(=O)C1CC(c2ccc(O)cc2)NN1. The molecule has 1 aromatic carbocycles. The van der Waals surface area contributed by atoms with Crippen LogP contribution in [0.4, 0.5) is 0 Å². The zero-order chi connectivity index (χ0) is 17.1. The van der Waals surface area contributed by atoms with Crippen LogP contribution in [-0.4, -0.2) is 39.0 Å². The number of hydrazine groups is 1. The highest BCUT2D eigenvalue weighted by Gasteiger charge is 2.33. The highest BCUT2D eigenvalue weighted by molar-refractivity contribution is 5.82. The van der Waals surface area contributed by atoms with Gasteiger partial charge in [-0.25, -0.2) is 20.8 Å². The lowest BCUT2D eigenvalue weighted by Crippen LogP contribution is -2.44. The van der Waals surface area contributed by atoms with Crippen molar-refractivity contribution in [2.75, 3.05) is 7.05 Å². The van der Waals surface area contributed by atoms with Crippen LogP contribution in [0.25, 0.3) is 0 Å². The molecule has 3 unspecified atom stereocenters. The monoisotopic (exact) mass is 327 g/mol. The van der Waals surface area contributed by atoms with Crippen molar-refractivity contribution in [3.05, 3.63) is 54.1 Å². The van der Waals surface area contributed by atoms with Gasteiger partial charge in [0.2, 0.25) is 5.91 Å². The fraction of sp³-hybridized carbons (Fsp3) is 0.353. The van der Waals surface area contributed by atoms with Crippen LogP contribution in [-0.2, 0) is 4.79 Å². The second-order valence-electron chi connectivity index (χ2n) is 5.98. The molecule has 0 spiro atoms. The van der Waals surface area contributed by atoms with Crippen molar-refractivity contribution >= 4 is 5.91 Å². The summed E-state index contributed by atoms with van der Waals surface area (Å²) in [5.74, 6) is 0.241. The number of likely N-dealkylation sites (N-methyl/N-ethyl adjacent to an activating group) is 1. The predicted molar refractivity (Wildman–Crippen MR) is 88.7 cm³/mol. The van der Waals surface area contributed by atoms with Crippen LogP contribution in [0.5, 0.6) is 5.75 Å². The Bertz CT molecular complexity index is 692. The summed E-state index contributed by atoms with van der Waals surface area (Å²) in [6.07, 6.45) is 3.80. The average molecular weight is 327 g/mol. The topological polar surface area (TPSA) is 90.4 Å². The summed E-state index contributed by atoms with van der Waals surface area (Å²) in [5, 5.41) is 9.37. The van der Waals surface area contributed by atoms with Gasteiger partial charge in [-0.15, -0.1) is 0 Å². The maximum Gasteiger partial charge on any atom is 0.241 e. The first-order chi connectivity index (χ1) is 11.6. The van der Waals surface area contributed by atoms with Crippen molar-refractivity contribution in [1.82, 2.24) is 25.7 Å². The number of carbonyl (C=O) groups is 1. The van der Waals surface area contributed by atoms with E-state index >= 15 is 0 Å². The molecule has 3 atom stereocenters. The molecule has 1 fully saturated rings. The van der Waals surface area contributed by atoms with E-state index in [0.29, 0.717) is 6.42 Å². The highest BCUT2D eigenvalue weighted by atomic mass is 16.3. The number of aromatic nitrogens is 2. The van der Waals surface area contributed by atoms with Crippen LogP contribution >= 0.6 is 0 Å². The third kappa shape index (κ3) is 3.37. The average Bonchev–Trinajstić information content (AvgIpc) is 3.11. The highest BCUT2D eigenvalue weighted by Crippen LogP contribution is 2.26. The molecule has 0 aliphatic carbocycles. The first kappa shape index (κ1) is 16.4. The number of aromatic hydroxyl groups is 1. The van der Waals surface area contributed by atoms with Gasteiger partial charge in [0.25, 0.3) is 0 Å². The summed E-state index contributed by atoms with van der Waals surface area (Å²) in [6, 6.07) is 8.41. The standard InChI is InChI=1S/C17H21N5O2/c1-11(14-7-8-18-10-19-14)22(2)17(24)16-9-15(20-21-16)12-3-5-13(23)6-4-12/h3-8,10-11,15-16,20-21,23H,9H2,1-2H3. The lowest BCUT2D eigenvalue weighted by atomic mass is 10.0. The van der Waals surface area contributed by atoms with Gasteiger partial charge in [-0.1, -0.05) is 12.1 Å². The number of nitrogens with zero attached hydrogens (tertiary/aromatic N) is 3. The first-order valence-corrected chi connectivity index (χ1v) is 7.89. The van der Waals surface area contributed by atoms with Crippen LogP contribution < -0.4 is 10.9 Å². The minimum Gasteiger partial charge on any atom is -0.508 e. The summed E-state index contributed by atoms with van der Waals surface area (Å²) in [5.41, 5.74) is 8.06. The largest absolute Gasteiger partial charge is 0.508 e. The Morgan fingerprint density at radius 1 is 1.29 bits per heavy atom. The van der Waals surface area contributed by atoms with E-state index in [9.17, 15) is 9.90 Å². The molecule has 1 aromatic heterocycles. The number of hydrogen-bond acceptors (Lipinski definition) is 6. The van der Waals surface area contributed by atoms with E-state index in [2.05, 4.69) is 20.8 Å². The van der Waals surface area contributed by atoms with E-state index < -0.39 is 0 Å². The van der Waals surface area contributed by atoms with Crippen LogP contribution in [0.15, 0.2) is 42.9 Å². The lowest BCUT2D eigenvalue weighted by molar-refractivity contribution is -0.133. The molecule has 126 valence electrons. The Morgan fingerprint density at radius 2 is 2.04 bits per heavy atom. The van der Waals surface area contributed by atoms with Crippen molar-refractivity contribution in [3.8, 4) is 5.75 Å². The fourth-order valence-corrected chi connectivity index (χ4v) is 2.83. The van der Waals surface area contributed by atoms with Crippen LogP contribution in [0.1, 0.15) is 36.7 Å².